The van der Waals surface area contributed by atoms with Gasteiger partial charge in [0.05, 0.1) is 17.1 Å². The average molecular weight is 267 g/mol. The third-order valence-electron chi connectivity index (χ3n) is 2.64. The molecule has 0 heterocycles. The zero-order valence-corrected chi connectivity index (χ0v) is 11.2. The van der Waals surface area contributed by atoms with Crippen molar-refractivity contribution in [2.75, 3.05) is 6.61 Å². The van der Waals surface area contributed by atoms with E-state index in [1.54, 1.807) is 26.8 Å². The molecule has 0 saturated heterocycles. The Kier molecular flexibility index (Phi) is 5.29. The Morgan fingerprint density at radius 3 is 2.63 bits per heavy atom. The van der Waals surface area contributed by atoms with Crippen molar-refractivity contribution < 1.29 is 19.2 Å². The van der Waals surface area contributed by atoms with Gasteiger partial charge in [-0.3, -0.25) is 10.1 Å². The Hall–Kier alpha value is -2.11. The second kappa shape index (κ2) is 6.72. The Bertz CT molecular complexity index is 472. The van der Waals surface area contributed by atoms with Gasteiger partial charge in [0.15, 0.2) is 6.10 Å². The van der Waals surface area contributed by atoms with Crippen LogP contribution in [0.15, 0.2) is 18.2 Å². The number of nitro benzene ring substituents is 1. The molecule has 0 bridgehead atoms. The first kappa shape index (κ1) is 14.9. The number of carbonyl (C=O) groups is 1. The molecule has 0 saturated carbocycles. The lowest BCUT2D eigenvalue weighted by Gasteiger charge is -2.17. The molecule has 19 heavy (non-hydrogen) atoms. The predicted molar refractivity (Wildman–Crippen MR) is 69.2 cm³/mol. The fourth-order valence-electron chi connectivity index (χ4n) is 1.61. The summed E-state index contributed by atoms with van der Waals surface area (Å²) < 4.78 is 10.4. The molecule has 0 N–H and O–H groups in total. The maximum Gasteiger partial charge on any atom is 0.347 e. The fraction of sp³-hybridized carbons (Fsp3) is 0.462. The van der Waals surface area contributed by atoms with Gasteiger partial charge in [0, 0.05) is 6.07 Å². The summed E-state index contributed by atoms with van der Waals surface area (Å²) >= 11 is 0. The number of hydrogen-bond acceptors (Lipinski definition) is 5. The Morgan fingerprint density at radius 2 is 2.11 bits per heavy atom. The zero-order valence-electron chi connectivity index (χ0n) is 11.2. The lowest BCUT2D eigenvalue weighted by molar-refractivity contribution is -0.385. The molecule has 0 aromatic heterocycles. The Labute approximate surface area is 111 Å². The van der Waals surface area contributed by atoms with Crippen molar-refractivity contribution in [1.29, 1.82) is 0 Å². The zero-order chi connectivity index (χ0) is 14.4. The van der Waals surface area contributed by atoms with Gasteiger partial charge in [0.2, 0.25) is 0 Å². The maximum absolute atomic E-state index is 11.6. The van der Waals surface area contributed by atoms with Crippen molar-refractivity contribution in [3.8, 4) is 5.75 Å². The number of esters is 1. The van der Waals surface area contributed by atoms with Crippen LogP contribution in [0.25, 0.3) is 0 Å². The number of nitro groups is 1. The first-order valence-electron chi connectivity index (χ1n) is 6.08. The second-order valence-electron chi connectivity index (χ2n) is 3.92. The first-order chi connectivity index (χ1) is 9.01. The molecule has 0 aliphatic carbocycles. The summed E-state index contributed by atoms with van der Waals surface area (Å²) in [6, 6.07) is 4.52. The predicted octanol–water partition coefficient (Wildman–Crippen LogP) is 2.62. The van der Waals surface area contributed by atoms with Crippen molar-refractivity contribution in [2.45, 2.75) is 33.3 Å². The van der Waals surface area contributed by atoms with Gasteiger partial charge in [-0.25, -0.2) is 4.79 Å². The summed E-state index contributed by atoms with van der Waals surface area (Å²) in [5.74, 6) is -0.134. The molecule has 1 aromatic rings. The average Bonchev–Trinajstić information content (AvgIpc) is 2.37. The molecule has 6 nitrogen and oxygen atoms in total. The SMILES string of the molecule is CCOC(=O)C(CC)Oc1cccc([N+](=O)[O-])c1C. The maximum atomic E-state index is 11.6. The number of ether oxygens (including phenoxy) is 2. The third-order valence-corrected chi connectivity index (χ3v) is 2.64. The van der Waals surface area contributed by atoms with Gasteiger partial charge in [-0.1, -0.05) is 13.0 Å². The number of nitrogens with zero attached hydrogens (tertiary/aromatic N) is 1. The molecular weight excluding hydrogens is 250 g/mol. The monoisotopic (exact) mass is 267 g/mol. The summed E-state index contributed by atoms with van der Waals surface area (Å²) in [4.78, 5) is 22.0. The molecule has 0 amide bonds. The van der Waals surface area contributed by atoms with Crippen LogP contribution < -0.4 is 4.74 Å². The standard InChI is InChI=1S/C13H17NO5/c1-4-11(13(15)18-5-2)19-12-8-6-7-10(9(12)3)14(16)17/h6-8,11H,4-5H2,1-3H3. The minimum absolute atomic E-state index is 0.0313. The molecule has 6 heteroatoms. The van der Waals surface area contributed by atoms with E-state index in [2.05, 4.69) is 0 Å². The van der Waals surface area contributed by atoms with E-state index in [0.29, 0.717) is 17.7 Å². The van der Waals surface area contributed by atoms with Crippen molar-refractivity contribution in [3.63, 3.8) is 0 Å². The number of carbonyl (C=O) groups excluding carboxylic acids is 1. The van der Waals surface area contributed by atoms with Crippen LogP contribution >= 0.6 is 0 Å². The van der Waals surface area contributed by atoms with Crippen LogP contribution in [0.3, 0.4) is 0 Å². The van der Waals surface area contributed by atoms with E-state index in [1.165, 1.54) is 12.1 Å². The molecule has 1 aromatic carbocycles. The molecule has 1 atom stereocenters. The van der Waals surface area contributed by atoms with Gasteiger partial charge in [-0.05, 0) is 26.3 Å². The highest BCUT2D eigenvalue weighted by Gasteiger charge is 2.22. The van der Waals surface area contributed by atoms with Gasteiger partial charge in [-0.2, -0.15) is 0 Å². The van der Waals surface area contributed by atoms with E-state index in [9.17, 15) is 14.9 Å². The van der Waals surface area contributed by atoms with E-state index < -0.39 is 17.0 Å². The van der Waals surface area contributed by atoms with E-state index in [-0.39, 0.29) is 12.3 Å². The van der Waals surface area contributed by atoms with Gasteiger partial charge in [0.1, 0.15) is 5.75 Å². The largest absolute Gasteiger partial charge is 0.478 e. The van der Waals surface area contributed by atoms with Crippen molar-refractivity contribution in [1.82, 2.24) is 0 Å². The van der Waals surface area contributed by atoms with Crippen molar-refractivity contribution in [3.05, 3.63) is 33.9 Å². The highest BCUT2D eigenvalue weighted by atomic mass is 16.6. The van der Waals surface area contributed by atoms with Crippen LogP contribution in [0.5, 0.6) is 5.75 Å². The van der Waals surface area contributed by atoms with Gasteiger partial charge < -0.3 is 9.47 Å². The minimum atomic E-state index is -0.749. The highest BCUT2D eigenvalue weighted by molar-refractivity contribution is 5.75. The first-order valence-corrected chi connectivity index (χ1v) is 6.08. The Balaban J connectivity index is 2.95. The molecule has 0 aliphatic rings. The normalized spacial score (nSPS) is 11.7. The summed E-state index contributed by atoms with van der Waals surface area (Å²) in [6.07, 6.45) is -0.318. The summed E-state index contributed by atoms with van der Waals surface area (Å²) in [6.45, 7) is 5.36. The van der Waals surface area contributed by atoms with E-state index >= 15 is 0 Å². The number of benzene rings is 1. The smallest absolute Gasteiger partial charge is 0.347 e. The number of hydrogen-bond donors (Lipinski definition) is 0. The topological polar surface area (TPSA) is 78.7 Å². The van der Waals surface area contributed by atoms with E-state index in [4.69, 9.17) is 9.47 Å². The van der Waals surface area contributed by atoms with Crippen LogP contribution in [0, 0.1) is 17.0 Å². The lowest BCUT2D eigenvalue weighted by Crippen LogP contribution is -2.29. The van der Waals surface area contributed by atoms with Crippen LogP contribution in [-0.2, 0) is 9.53 Å². The van der Waals surface area contributed by atoms with Crippen LogP contribution in [0.4, 0.5) is 5.69 Å². The summed E-state index contributed by atoms with van der Waals surface area (Å²) in [5.41, 5.74) is 0.367. The van der Waals surface area contributed by atoms with Crippen LogP contribution in [0.1, 0.15) is 25.8 Å². The summed E-state index contributed by atoms with van der Waals surface area (Å²) in [7, 11) is 0. The highest BCUT2D eigenvalue weighted by Crippen LogP contribution is 2.28. The molecule has 0 aliphatic heterocycles. The molecule has 1 rings (SSSR count). The van der Waals surface area contributed by atoms with Gasteiger partial charge >= 0.3 is 5.97 Å². The fourth-order valence-corrected chi connectivity index (χ4v) is 1.61. The molecule has 1 unspecified atom stereocenters. The molecule has 104 valence electrons. The molecule has 0 radical (unpaired) electrons. The number of rotatable bonds is 6. The van der Waals surface area contributed by atoms with Crippen molar-refractivity contribution >= 4 is 11.7 Å². The third kappa shape index (κ3) is 3.67. The van der Waals surface area contributed by atoms with E-state index in [1.807, 2.05) is 0 Å². The molecule has 0 spiro atoms. The van der Waals surface area contributed by atoms with Crippen LogP contribution in [0.2, 0.25) is 0 Å². The van der Waals surface area contributed by atoms with Crippen molar-refractivity contribution in [2.24, 2.45) is 0 Å². The minimum Gasteiger partial charge on any atom is -0.478 e. The second-order valence-corrected chi connectivity index (χ2v) is 3.92. The van der Waals surface area contributed by atoms with Crippen LogP contribution in [-0.4, -0.2) is 23.6 Å². The van der Waals surface area contributed by atoms with Gasteiger partial charge in [0.25, 0.3) is 5.69 Å². The quantitative estimate of drug-likeness (QED) is 0.449. The Morgan fingerprint density at radius 1 is 1.42 bits per heavy atom. The molecule has 0 fully saturated rings. The van der Waals surface area contributed by atoms with E-state index in [0.717, 1.165) is 0 Å². The molecular formula is C13H17NO5. The lowest BCUT2D eigenvalue weighted by atomic mass is 10.2. The summed E-state index contributed by atoms with van der Waals surface area (Å²) in [5, 5.41) is 10.8. The van der Waals surface area contributed by atoms with Gasteiger partial charge in [-0.15, -0.1) is 0 Å².